The van der Waals surface area contributed by atoms with Crippen molar-refractivity contribution in [2.45, 2.75) is 59.2 Å². The molecule has 43 heavy (non-hydrogen) atoms. The number of nitrogens with two attached hydrogens (primary N) is 1. The van der Waals surface area contributed by atoms with E-state index < -0.39 is 5.97 Å². The normalized spacial score (nSPS) is 18.2. The molecule has 0 heterocycles. The number of carboxylic acid groups (broad SMARTS) is 1. The van der Waals surface area contributed by atoms with Crippen LogP contribution in [0.5, 0.6) is 17.2 Å². The molecule has 0 aromatic heterocycles. The molecule has 3 atom stereocenters. The summed E-state index contributed by atoms with van der Waals surface area (Å²) in [5.41, 5.74) is 8.69. The number of hydrogen-bond donors (Lipinski definition) is 4. The van der Waals surface area contributed by atoms with Crippen LogP contribution in [-0.2, 0) is 22.6 Å². The fourth-order valence-electron chi connectivity index (χ4n) is 5.57. The average molecular weight is 590 g/mol. The van der Waals surface area contributed by atoms with Crippen LogP contribution < -0.4 is 25.8 Å². The molecule has 230 valence electrons. The molecule has 1 saturated carbocycles. The summed E-state index contributed by atoms with van der Waals surface area (Å²) in [5, 5.41) is 16.0. The van der Waals surface area contributed by atoms with Crippen LogP contribution in [0.25, 0.3) is 0 Å². The van der Waals surface area contributed by atoms with E-state index in [9.17, 15) is 14.7 Å². The average Bonchev–Trinajstić information content (AvgIpc) is 2.99. The lowest BCUT2D eigenvalue weighted by Crippen LogP contribution is -2.37. The number of para-hydroxylation sites is 1. The maximum Gasteiger partial charge on any atom is 0.339 e. The summed E-state index contributed by atoms with van der Waals surface area (Å²) < 4.78 is 17.7. The van der Waals surface area contributed by atoms with E-state index in [4.69, 9.17) is 19.9 Å². The van der Waals surface area contributed by atoms with Gasteiger partial charge < -0.3 is 35.7 Å². The van der Waals surface area contributed by atoms with Gasteiger partial charge in [-0.1, -0.05) is 51.5 Å². The number of amides is 1. The molecule has 0 bridgehead atoms. The van der Waals surface area contributed by atoms with Crippen LogP contribution in [0.1, 0.15) is 61.5 Å². The van der Waals surface area contributed by atoms with Gasteiger partial charge in [0.1, 0.15) is 17.9 Å². The molecule has 4 rings (SSSR count). The number of methoxy groups -OCH3 is 1. The molecule has 1 aliphatic carbocycles. The number of benzene rings is 3. The SMILES string of the molecule is COc1cccc(CNc2ccc(CNC(=O)COC3CC(C)CCC3C(C)C)cc2)c1Oc1ccc(N)cc1C(=O)O. The second-order valence-electron chi connectivity index (χ2n) is 11.6. The number of anilines is 2. The second kappa shape index (κ2) is 14.8. The molecule has 1 aliphatic rings. The molecule has 0 aliphatic heterocycles. The van der Waals surface area contributed by atoms with E-state index in [1.54, 1.807) is 12.1 Å². The van der Waals surface area contributed by atoms with Gasteiger partial charge in [0.25, 0.3) is 0 Å². The van der Waals surface area contributed by atoms with Crippen molar-refractivity contribution in [1.29, 1.82) is 0 Å². The minimum absolute atomic E-state index is 0.0394. The number of hydrogen-bond acceptors (Lipinski definition) is 7. The summed E-state index contributed by atoms with van der Waals surface area (Å²) >= 11 is 0. The topological polar surface area (TPSA) is 132 Å². The predicted molar refractivity (Wildman–Crippen MR) is 168 cm³/mol. The van der Waals surface area contributed by atoms with Crippen molar-refractivity contribution < 1.29 is 28.9 Å². The molecule has 1 amide bonds. The van der Waals surface area contributed by atoms with Crippen molar-refractivity contribution in [2.24, 2.45) is 17.8 Å². The first kappa shape index (κ1) is 31.7. The van der Waals surface area contributed by atoms with Gasteiger partial charge in [-0.15, -0.1) is 0 Å². The Bertz CT molecular complexity index is 1390. The fourth-order valence-corrected chi connectivity index (χ4v) is 5.57. The summed E-state index contributed by atoms with van der Waals surface area (Å²) in [6.07, 6.45) is 3.54. The number of carbonyl (C=O) groups is 2. The highest BCUT2D eigenvalue weighted by Crippen LogP contribution is 2.38. The highest BCUT2D eigenvalue weighted by Gasteiger charge is 2.31. The van der Waals surface area contributed by atoms with Gasteiger partial charge in [-0.3, -0.25) is 4.79 Å². The third-order valence-electron chi connectivity index (χ3n) is 8.04. The largest absolute Gasteiger partial charge is 0.493 e. The molecule has 9 heteroatoms. The van der Waals surface area contributed by atoms with Crippen molar-refractivity contribution in [3.8, 4) is 17.2 Å². The first-order valence-corrected chi connectivity index (χ1v) is 14.8. The summed E-state index contributed by atoms with van der Waals surface area (Å²) in [6.45, 7) is 7.62. The van der Waals surface area contributed by atoms with Gasteiger partial charge in [0.05, 0.1) is 13.2 Å². The molecule has 1 fully saturated rings. The van der Waals surface area contributed by atoms with Crippen LogP contribution in [-0.4, -0.2) is 36.8 Å². The Morgan fingerprint density at radius 1 is 1.02 bits per heavy atom. The minimum Gasteiger partial charge on any atom is -0.493 e. The quantitative estimate of drug-likeness (QED) is 0.167. The molecule has 5 N–H and O–H groups in total. The van der Waals surface area contributed by atoms with Gasteiger partial charge in [-0.05, 0) is 72.6 Å². The van der Waals surface area contributed by atoms with Crippen molar-refractivity contribution in [1.82, 2.24) is 5.32 Å². The van der Waals surface area contributed by atoms with Crippen LogP contribution in [0.2, 0.25) is 0 Å². The lowest BCUT2D eigenvalue weighted by molar-refractivity contribution is -0.131. The van der Waals surface area contributed by atoms with E-state index in [0.29, 0.717) is 48.0 Å². The first-order chi connectivity index (χ1) is 20.6. The number of carboxylic acids is 1. The Balaban J connectivity index is 1.32. The monoisotopic (exact) mass is 589 g/mol. The van der Waals surface area contributed by atoms with E-state index in [1.165, 1.54) is 25.7 Å². The van der Waals surface area contributed by atoms with Crippen molar-refractivity contribution in [3.63, 3.8) is 0 Å². The third kappa shape index (κ3) is 8.64. The van der Waals surface area contributed by atoms with E-state index in [0.717, 1.165) is 29.7 Å². The van der Waals surface area contributed by atoms with Crippen molar-refractivity contribution >= 4 is 23.3 Å². The molecule has 0 saturated heterocycles. The number of nitrogen functional groups attached to an aromatic ring is 1. The smallest absolute Gasteiger partial charge is 0.339 e. The van der Waals surface area contributed by atoms with E-state index in [1.807, 2.05) is 36.4 Å². The summed E-state index contributed by atoms with van der Waals surface area (Å²) in [6, 6.07) is 17.8. The Morgan fingerprint density at radius 2 is 1.79 bits per heavy atom. The lowest BCUT2D eigenvalue weighted by Gasteiger charge is -2.37. The molecule has 9 nitrogen and oxygen atoms in total. The van der Waals surface area contributed by atoms with Crippen molar-refractivity contribution in [3.05, 3.63) is 77.4 Å². The molecule has 0 radical (unpaired) electrons. The van der Waals surface area contributed by atoms with Crippen LogP contribution >= 0.6 is 0 Å². The summed E-state index contributed by atoms with van der Waals surface area (Å²) in [4.78, 5) is 24.3. The van der Waals surface area contributed by atoms with Gasteiger partial charge in [0, 0.05) is 30.0 Å². The maximum absolute atomic E-state index is 12.5. The van der Waals surface area contributed by atoms with E-state index in [2.05, 4.69) is 31.4 Å². The van der Waals surface area contributed by atoms with Crippen LogP contribution in [0.4, 0.5) is 11.4 Å². The Hall–Kier alpha value is -4.24. The van der Waals surface area contributed by atoms with Gasteiger partial charge >= 0.3 is 5.97 Å². The second-order valence-corrected chi connectivity index (χ2v) is 11.6. The minimum atomic E-state index is -1.14. The Labute approximate surface area is 253 Å². The zero-order valence-corrected chi connectivity index (χ0v) is 25.4. The number of aromatic carboxylic acids is 1. The maximum atomic E-state index is 12.5. The van der Waals surface area contributed by atoms with Crippen molar-refractivity contribution in [2.75, 3.05) is 24.8 Å². The lowest BCUT2D eigenvalue weighted by atomic mass is 9.75. The Kier molecular flexibility index (Phi) is 10.9. The fraction of sp³-hybridized carbons (Fsp3) is 0.412. The van der Waals surface area contributed by atoms with Crippen LogP contribution in [0.3, 0.4) is 0 Å². The Morgan fingerprint density at radius 3 is 2.49 bits per heavy atom. The molecule has 3 unspecified atom stereocenters. The predicted octanol–water partition coefficient (Wildman–Crippen LogP) is 6.47. The summed E-state index contributed by atoms with van der Waals surface area (Å²) in [7, 11) is 1.53. The number of rotatable bonds is 13. The van der Waals surface area contributed by atoms with Gasteiger partial charge in [0.2, 0.25) is 5.91 Å². The first-order valence-electron chi connectivity index (χ1n) is 14.8. The van der Waals surface area contributed by atoms with Gasteiger partial charge in [-0.25, -0.2) is 4.79 Å². The van der Waals surface area contributed by atoms with Crippen LogP contribution in [0.15, 0.2) is 60.7 Å². The molecular formula is C34H43N3O6. The molecule has 0 spiro atoms. The zero-order chi connectivity index (χ0) is 30.9. The number of carbonyl (C=O) groups excluding carboxylic acids is 1. The van der Waals surface area contributed by atoms with Gasteiger partial charge in [-0.2, -0.15) is 0 Å². The number of nitrogens with one attached hydrogen (secondary N) is 2. The summed E-state index contributed by atoms with van der Waals surface area (Å²) in [5.74, 6) is 1.48. The van der Waals surface area contributed by atoms with Crippen LogP contribution in [0, 0.1) is 17.8 Å². The van der Waals surface area contributed by atoms with E-state index in [-0.39, 0.29) is 29.9 Å². The molecule has 3 aromatic rings. The highest BCUT2D eigenvalue weighted by molar-refractivity contribution is 5.92. The zero-order valence-electron chi connectivity index (χ0n) is 25.4. The molecular weight excluding hydrogens is 546 g/mol. The highest BCUT2D eigenvalue weighted by atomic mass is 16.5. The van der Waals surface area contributed by atoms with Gasteiger partial charge in [0.15, 0.2) is 11.5 Å². The molecule has 3 aromatic carbocycles. The standard InChI is InChI=1S/C34H43N3O6/c1-21(2)27-14-8-22(3)16-31(27)42-20-32(38)37-18-23-9-12-26(13-10-23)36-19-24-6-5-7-30(41-4)33(24)43-29-15-11-25(35)17-28(29)34(39)40/h5-7,9-13,15,17,21-22,27,31,36H,8,14,16,18-20,35H2,1-4H3,(H,37,38)(H,39,40). The number of ether oxygens (including phenoxy) is 3. The van der Waals surface area contributed by atoms with E-state index >= 15 is 0 Å². The third-order valence-corrected chi connectivity index (χ3v) is 8.04.